The number of aromatic hydroxyl groups is 1. The summed E-state index contributed by atoms with van der Waals surface area (Å²) >= 11 is 2.91. The molecular formula is C14H11N3O2S2. The fraction of sp³-hybridized carbons (Fsp3) is 0.0714. The maximum absolute atomic E-state index is 12.3. The predicted molar refractivity (Wildman–Crippen MR) is 84.0 cm³/mol. The van der Waals surface area contributed by atoms with Crippen LogP contribution in [0, 0.1) is 6.92 Å². The first-order valence-corrected chi connectivity index (χ1v) is 7.86. The number of amides is 1. The number of thiophene rings is 1. The second-order valence-corrected chi connectivity index (χ2v) is 6.05. The van der Waals surface area contributed by atoms with Crippen LogP contribution in [0.15, 0.2) is 35.2 Å². The molecule has 3 rings (SSSR count). The third-order valence-electron chi connectivity index (χ3n) is 2.79. The van der Waals surface area contributed by atoms with Gasteiger partial charge in [-0.25, -0.2) is 9.97 Å². The maximum atomic E-state index is 12.3. The minimum absolute atomic E-state index is 0.0638. The van der Waals surface area contributed by atoms with Gasteiger partial charge in [-0.2, -0.15) is 11.3 Å². The number of hydrogen-bond donors (Lipinski definition) is 2. The second kappa shape index (κ2) is 5.63. The van der Waals surface area contributed by atoms with Crippen molar-refractivity contribution in [3.8, 4) is 16.3 Å². The smallest absolute Gasteiger partial charge is 0.268 e. The Kier molecular flexibility index (Phi) is 3.68. The Morgan fingerprint density at radius 3 is 2.95 bits per heavy atom. The summed E-state index contributed by atoms with van der Waals surface area (Å²) in [7, 11) is 0. The summed E-state index contributed by atoms with van der Waals surface area (Å²) in [5.41, 5.74) is 1.67. The van der Waals surface area contributed by atoms with Crippen molar-refractivity contribution in [2.24, 2.45) is 0 Å². The molecule has 0 atom stereocenters. The van der Waals surface area contributed by atoms with Gasteiger partial charge in [0.1, 0.15) is 9.88 Å². The Labute approximate surface area is 129 Å². The van der Waals surface area contributed by atoms with E-state index in [-0.39, 0.29) is 17.5 Å². The highest BCUT2D eigenvalue weighted by atomic mass is 32.1. The van der Waals surface area contributed by atoms with Gasteiger partial charge in [0.25, 0.3) is 5.91 Å². The molecule has 2 N–H and O–H groups in total. The molecule has 1 amide bonds. The number of pyridine rings is 1. The summed E-state index contributed by atoms with van der Waals surface area (Å²) in [6, 6.07) is 5.03. The zero-order chi connectivity index (χ0) is 14.8. The Morgan fingerprint density at radius 1 is 1.38 bits per heavy atom. The normalized spacial score (nSPS) is 10.5. The molecule has 0 fully saturated rings. The van der Waals surface area contributed by atoms with Crippen molar-refractivity contribution >= 4 is 34.4 Å². The fourth-order valence-electron chi connectivity index (χ4n) is 1.77. The summed E-state index contributed by atoms with van der Waals surface area (Å²) in [6.45, 7) is 1.79. The standard InChI is InChI=1S/C14H11N3O2S2/c1-8-11(21-14(16-8)9-4-6-20-7-9)13(19)17-12-10(18)3-2-5-15-12/h2-7,18H,1H3,(H,15,17,19). The number of rotatable bonds is 3. The van der Waals surface area contributed by atoms with Gasteiger partial charge in [-0.05, 0) is 30.5 Å². The highest BCUT2D eigenvalue weighted by Crippen LogP contribution is 2.30. The molecule has 21 heavy (non-hydrogen) atoms. The van der Waals surface area contributed by atoms with E-state index in [0.29, 0.717) is 10.6 Å². The summed E-state index contributed by atoms with van der Waals surface area (Å²) in [4.78, 5) is 21.1. The van der Waals surface area contributed by atoms with Crippen LogP contribution in [0.1, 0.15) is 15.4 Å². The third kappa shape index (κ3) is 2.79. The van der Waals surface area contributed by atoms with Crippen LogP contribution in [0.5, 0.6) is 5.75 Å². The summed E-state index contributed by atoms with van der Waals surface area (Å²) in [5.74, 6) is -0.237. The Morgan fingerprint density at radius 2 is 2.24 bits per heavy atom. The summed E-state index contributed by atoms with van der Waals surface area (Å²) in [5, 5.41) is 17.0. The SMILES string of the molecule is Cc1nc(-c2ccsc2)sc1C(=O)Nc1ncccc1O. The number of thiazole rings is 1. The molecule has 0 radical (unpaired) electrons. The number of hydrogen-bond acceptors (Lipinski definition) is 6. The van der Waals surface area contributed by atoms with Gasteiger partial charge >= 0.3 is 0 Å². The Hall–Kier alpha value is -2.25. The molecule has 3 heterocycles. The van der Waals surface area contributed by atoms with E-state index < -0.39 is 0 Å². The summed E-state index contributed by atoms with van der Waals surface area (Å²) < 4.78 is 0. The lowest BCUT2D eigenvalue weighted by Gasteiger charge is -2.04. The summed E-state index contributed by atoms with van der Waals surface area (Å²) in [6.07, 6.45) is 1.51. The molecule has 106 valence electrons. The molecule has 0 bridgehead atoms. The van der Waals surface area contributed by atoms with Gasteiger partial charge in [0.05, 0.1) is 5.69 Å². The molecule has 0 saturated heterocycles. The molecule has 3 aromatic rings. The van der Waals surface area contributed by atoms with E-state index in [2.05, 4.69) is 15.3 Å². The number of carbonyl (C=O) groups excluding carboxylic acids is 1. The minimum atomic E-state index is -0.319. The van der Waals surface area contributed by atoms with E-state index in [0.717, 1.165) is 10.6 Å². The van der Waals surface area contributed by atoms with Gasteiger partial charge < -0.3 is 10.4 Å². The topological polar surface area (TPSA) is 75.1 Å². The van der Waals surface area contributed by atoms with Crippen LogP contribution >= 0.6 is 22.7 Å². The molecule has 0 unspecified atom stereocenters. The van der Waals surface area contributed by atoms with Crippen LogP contribution in [0.4, 0.5) is 5.82 Å². The van der Waals surface area contributed by atoms with Gasteiger partial charge in [-0.1, -0.05) is 0 Å². The van der Waals surface area contributed by atoms with Gasteiger partial charge in [0.15, 0.2) is 11.6 Å². The number of nitrogens with zero attached hydrogens (tertiary/aromatic N) is 2. The zero-order valence-electron chi connectivity index (χ0n) is 11.0. The third-order valence-corrected chi connectivity index (χ3v) is 4.68. The van der Waals surface area contributed by atoms with Crippen LogP contribution in [-0.2, 0) is 0 Å². The molecule has 0 aromatic carbocycles. The molecule has 0 saturated carbocycles. The van der Waals surface area contributed by atoms with Crippen LogP contribution in [0.25, 0.3) is 10.6 Å². The van der Waals surface area contributed by atoms with E-state index in [1.54, 1.807) is 24.3 Å². The van der Waals surface area contributed by atoms with Crippen molar-refractivity contribution < 1.29 is 9.90 Å². The van der Waals surface area contributed by atoms with Crippen molar-refractivity contribution in [2.45, 2.75) is 6.92 Å². The van der Waals surface area contributed by atoms with Crippen LogP contribution in [0.3, 0.4) is 0 Å². The Bertz CT molecular complexity index is 781. The van der Waals surface area contributed by atoms with Crippen LogP contribution in [-0.4, -0.2) is 21.0 Å². The van der Waals surface area contributed by atoms with Gasteiger partial charge in [-0.3, -0.25) is 4.79 Å². The minimum Gasteiger partial charge on any atom is -0.504 e. The molecule has 0 aliphatic heterocycles. The van der Waals surface area contributed by atoms with E-state index in [1.807, 2.05) is 16.8 Å². The molecule has 0 aliphatic rings. The predicted octanol–water partition coefficient (Wildman–Crippen LogP) is 3.53. The quantitative estimate of drug-likeness (QED) is 0.775. The number of aromatic nitrogens is 2. The lowest BCUT2D eigenvalue weighted by atomic mass is 10.3. The van der Waals surface area contributed by atoms with Crippen molar-refractivity contribution in [2.75, 3.05) is 5.32 Å². The fourth-order valence-corrected chi connectivity index (χ4v) is 3.45. The Balaban J connectivity index is 1.87. The first-order chi connectivity index (χ1) is 10.1. The van der Waals surface area contributed by atoms with Gasteiger partial charge in [0.2, 0.25) is 0 Å². The molecule has 7 heteroatoms. The highest BCUT2D eigenvalue weighted by Gasteiger charge is 2.17. The first kappa shape index (κ1) is 13.7. The van der Waals surface area contributed by atoms with E-state index in [9.17, 15) is 9.90 Å². The van der Waals surface area contributed by atoms with E-state index in [4.69, 9.17) is 0 Å². The second-order valence-electron chi connectivity index (χ2n) is 4.27. The molecule has 3 aromatic heterocycles. The zero-order valence-corrected chi connectivity index (χ0v) is 12.7. The molecular weight excluding hydrogens is 306 g/mol. The van der Waals surface area contributed by atoms with Crippen molar-refractivity contribution in [3.05, 3.63) is 45.7 Å². The van der Waals surface area contributed by atoms with Crippen molar-refractivity contribution in [3.63, 3.8) is 0 Å². The largest absolute Gasteiger partial charge is 0.504 e. The number of carbonyl (C=O) groups is 1. The number of anilines is 1. The molecule has 0 spiro atoms. The van der Waals surface area contributed by atoms with E-state index >= 15 is 0 Å². The first-order valence-electron chi connectivity index (χ1n) is 6.10. The lowest BCUT2D eigenvalue weighted by molar-refractivity contribution is 0.102. The average Bonchev–Trinajstić information content (AvgIpc) is 3.10. The van der Waals surface area contributed by atoms with Crippen LogP contribution in [0.2, 0.25) is 0 Å². The molecule has 5 nitrogen and oxygen atoms in total. The van der Waals surface area contributed by atoms with E-state index in [1.165, 1.54) is 23.6 Å². The maximum Gasteiger partial charge on any atom is 0.268 e. The monoisotopic (exact) mass is 317 g/mol. The number of nitrogens with one attached hydrogen (secondary N) is 1. The average molecular weight is 317 g/mol. The van der Waals surface area contributed by atoms with Crippen molar-refractivity contribution in [1.29, 1.82) is 0 Å². The van der Waals surface area contributed by atoms with Gasteiger partial charge in [-0.15, -0.1) is 11.3 Å². The van der Waals surface area contributed by atoms with Crippen LogP contribution < -0.4 is 5.32 Å². The highest BCUT2D eigenvalue weighted by molar-refractivity contribution is 7.17. The lowest BCUT2D eigenvalue weighted by Crippen LogP contribution is -2.12. The van der Waals surface area contributed by atoms with Crippen molar-refractivity contribution in [1.82, 2.24) is 9.97 Å². The number of aryl methyl sites for hydroxylation is 1. The van der Waals surface area contributed by atoms with Gasteiger partial charge in [0, 0.05) is 17.1 Å². The molecule has 0 aliphatic carbocycles.